The molecule has 0 atom stereocenters. The van der Waals surface area contributed by atoms with Crippen LogP contribution in [0.25, 0.3) is 0 Å². The lowest BCUT2D eigenvalue weighted by Gasteiger charge is -2.06. The van der Waals surface area contributed by atoms with E-state index in [1.807, 2.05) is 42.7 Å². The van der Waals surface area contributed by atoms with E-state index in [4.69, 9.17) is 10.5 Å². The highest BCUT2D eigenvalue weighted by molar-refractivity contribution is 5.33. The molecule has 1 heterocycles. The maximum absolute atomic E-state index is 5.67. The van der Waals surface area contributed by atoms with Crippen molar-refractivity contribution in [2.24, 2.45) is 0 Å². The van der Waals surface area contributed by atoms with Crippen molar-refractivity contribution in [3.05, 3.63) is 36.0 Å². The summed E-state index contributed by atoms with van der Waals surface area (Å²) in [5, 5.41) is 0. The maximum Gasteiger partial charge on any atom is 0.303 e. The lowest BCUT2D eigenvalue weighted by atomic mass is 10.2. The molecule has 0 fully saturated rings. The smallest absolute Gasteiger partial charge is 0.303 e. The van der Waals surface area contributed by atoms with Gasteiger partial charge in [0.1, 0.15) is 11.6 Å². The van der Waals surface area contributed by atoms with E-state index < -0.39 is 0 Å². The van der Waals surface area contributed by atoms with E-state index in [1.165, 1.54) is 0 Å². The quantitative estimate of drug-likeness (QED) is 0.859. The normalized spacial score (nSPS) is 10.4. The number of benzene rings is 1. The van der Waals surface area contributed by atoms with Gasteiger partial charge in [0.15, 0.2) is 0 Å². The molecular weight excluding hydrogens is 202 g/mol. The summed E-state index contributed by atoms with van der Waals surface area (Å²) < 4.78 is 7.55. The number of ether oxygens (including phenoxy) is 1. The van der Waals surface area contributed by atoms with Gasteiger partial charge < -0.3 is 10.5 Å². The molecule has 0 radical (unpaired) electrons. The van der Waals surface area contributed by atoms with Gasteiger partial charge in [-0.2, -0.15) is 4.98 Å². The van der Waals surface area contributed by atoms with Crippen LogP contribution in [-0.4, -0.2) is 9.55 Å². The molecule has 0 aliphatic rings. The molecule has 4 heteroatoms. The van der Waals surface area contributed by atoms with E-state index in [-0.39, 0.29) is 0 Å². The van der Waals surface area contributed by atoms with Crippen LogP contribution in [0.15, 0.2) is 30.5 Å². The first-order chi connectivity index (χ1) is 7.69. The summed E-state index contributed by atoms with van der Waals surface area (Å²) in [6.45, 7) is 4.82. The first kappa shape index (κ1) is 10.5. The number of imidazole rings is 1. The molecule has 0 saturated heterocycles. The number of aromatic nitrogens is 2. The fourth-order valence-electron chi connectivity index (χ4n) is 1.51. The zero-order chi connectivity index (χ0) is 11.5. The van der Waals surface area contributed by atoms with Crippen LogP contribution in [0, 0.1) is 6.92 Å². The summed E-state index contributed by atoms with van der Waals surface area (Å²) in [5.74, 6) is 1.25. The lowest BCUT2D eigenvalue weighted by molar-refractivity contribution is 0.415. The fraction of sp³-hybridized carbons (Fsp3) is 0.250. The Morgan fingerprint density at radius 3 is 2.94 bits per heavy atom. The molecule has 16 heavy (non-hydrogen) atoms. The van der Waals surface area contributed by atoms with E-state index in [0.717, 1.165) is 17.9 Å². The van der Waals surface area contributed by atoms with E-state index in [2.05, 4.69) is 4.98 Å². The highest BCUT2D eigenvalue weighted by atomic mass is 16.5. The Balaban J connectivity index is 2.26. The molecule has 0 bridgehead atoms. The van der Waals surface area contributed by atoms with Crippen molar-refractivity contribution >= 4 is 5.82 Å². The first-order valence-electron chi connectivity index (χ1n) is 5.26. The summed E-state index contributed by atoms with van der Waals surface area (Å²) in [6.07, 6.45) is 1.77. The number of hydrogen-bond acceptors (Lipinski definition) is 3. The van der Waals surface area contributed by atoms with Gasteiger partial charge in [0.25, 0.3) is 0 Å². The van der Waals surface area contributed by atoms with Gasteiger partial charge in [-0.05, 0) is 31.5 Å². The minimum atomic E-state index is 0.476. The van der Waals surface area contributed by atoms with Crippen LogP contribution in [0.4, 0.5) is 5.82 Å². The Bertz CT molecular complexity index is 491. The second-order valence-electron chi connectivity index (χ2n) is 3.65. The van der Waals surface area contributed by atoms with Gasteiger partial charge in [-0.3, -0.25) is 4.57 Å². The molecule has 0 aliphatic heterocycles. The fourth-order valence-corrected chi connectivity index (χ4v) is 1.51. The topological polar surface area (TPSA) is 53.1 Å². The molecule has 1 aromatic heterocycles. The van der Waals surface area contributed by atoms with Crippen LogP contribution in [0.2, 0.25) is 0 Å². The third kappa shape index (κ3) is 2.16. The number of rotatable bonds is 3. The molecule has 2 rings (SSSR count). The minimum absolute atomic E-state index is 0.476. The summed E-state index contributed by atoms with van der Waals surface area (Å²) in [6, 6.07) is 8.37. The van der Waals surface area contributed by atoms with E-state index in [9.17, 15) is 0 Å². The minimum Gasteiger partial charge on any atom is -0.425 e. The van der Waals surface area contributed by atoms with Crippen LogP contribution in [0.1, 0.15) is 12.5 Å². The number of nitrogen functional groups attached to an aromatic ring is 1. The van der Waals surface area contributed by atoms with Gasteiger partial charge in [-0.25, -0.2) is 0 Å². The van der Waals surface area contributed by atoms with Crippen molar-refractivity contribution in [3.63, 3.8) is 0 Å². The van der Waals surface area contributed by atoms with Crippen LogP contribution in [0.3, 0.4) is 0 Å². The van der Waals surface area contributed by atoms with Crippen molar-refractivity contribution in [3.8, 4) is 11.8 Å². The zero-order valence-electron chi connectivity index (χ0n) is 9.47. The number of nitrogens with zero attached hydrogens (tertiary/aromatic N) is 2. The third-order valence-corrected chi connectivity index (χ3v) is 2.30. The Kier molecular flexibility index (Phi) is 2.81. The Morgan fingerprint density at radius 2 is 2.25 bits per heavy atom. The van der Waals surface area contributed by atoms with Gasteiger partial charge in [0.05, 0.1) is 6.20 Å². The summed E-state index contributed by atoms with van der Waals surface area (Å²) in [4.78, 5) is 4.12. The summed E-state index contributed by atoms with van der Waals surface area (Å²) >= 11 is 0. The number of nitrogens with two attached hydrogens (primary N) is 1. The van der Waals surface area contributed by atoms with E-state index in [1.54, 1.807) is 6.20 Å². The SMILES string of the molecule is CCn1cc(N)nc1Oc1cccc(C)c1. The molecule has 2 N–H and O–H groups in total. The molecule has 1 aromatic carbocycles. The molecule has 2 aromatic rings. The van der Waals surface area contributed by atoms with Crippen LogP contribution < -0.4 is 10.5 Å². The average Bonchev–Trinajstić information content (AvgIpc) is 2.59. The van der Waals surface area contributed by atoms with Gasteiger partial charge in [-0.1, -0.05) is 12.1 Å². The first-order valence-corrected chi connectivity index (χ1v) is 5.26. The van der Waals surface area contributed by atoms with Crippen molar-refractivity contribution in [2.75, 3.05) is 5.73 Å². The molecule has 84 valence electrons. The molecule has 0 unspecified atom stereocenters. The monoisotopic (exact) mass is 217 g/mol. The third-order valence-electron chi connectivity index (χ3n) is 2.30. The van der Waals surface area contributed by atoms with Crippen LogP contribution >= 0.6 is 0 Å². The number of aryl methyl sites for hydroxylation is 2. The van der Waals surface area contributed by atoms with Gasteiger partial charge >= 0.3 is 6.01 Å². The zero-order valence-corrected chi connectivity index (χ0v) is 9.47. The van der Waals surface area contributed by atoms with E-state index in [0.29, 0.717) is 11.8 Å². The Hall–Kier alpha value is -1.97. The second-order valence-corrected chi connectivity index (χ2v) is 3.65. The predicted molar refractivity (Wildman–Crippen MR) is 63.6 cm³/mol. The molecule has 0 aliphatic carbocycles. The van der Waals surface area contributed by atoms with Crippen LogP contribution in [0.5, 0.6) is 11.8 Å². The number of anilines is 1. The van der Waals surface area contributed by atoms with Gasteiger partial charge in [0.2, 0.25) is 0 Å². The predicted octanol–water partition coefficient (Wildman–Crippen LogP) is 2.59. The molecule has 0 amide bonds. The molecule has 0 saturated carbocycles. The summed E-state index contributed by atoms with van der Waals surface area (Å²) in [5.41, 5.74) is 6.78. The highest BCUT2D eigenvalue weighted by Crippen LogP contribution is 2.22. The van der Waals surface area contributed by atoms with Crippen molar-refractivity contribution < 1.29 is 4.74 Å². The lowest BCUT2D eigenvalue weighted by Crippen LogP contribution is -1.97. The van der Waals surface area contributed by atoms with Gasteiger partial charge in [-0.15, -0.1) is 0 Å². The van der Waals surface area contributed by atoms with E-state index >= 15 is 0 Å². The van der Waals surface area contributed by atoms with Crippen molar-refractivity contribution in [2.45, 2.75) is 20.4 Å². The summed E-state index contributed by atoms with van der Waals surface area (Å²) in [7, 11) is 0. The molecule has 4 nitrogen and oxygen atoms in total. The maximum atomic E-state index is 5.67. The highest BCUT2D eigenvalue weighted by Gasteiger charge is 2.06. The number of hydrogen-bond donors (Lipinski definition) is 1. The average molecular weight is 217 g/mol. The largest absolute Gasteiger partial charge is 0.425 e. The van der Waals surface area contributed by atoms with Crippen molar-refractivity contribution in [1.29, 1.82) is 0 Å². The Labute approximate surface area is 94.7 Å². The Morgan fingerprint density at radius 1 is 1.44 bits per heavy atom. The molecular formula is C12H15N3O. The van der Waals surface area contributed by atoms with Crippen molar-refractivity contribution in [1.82, 2.24) is 9.55 Å². The second kappa shape index (κ2) is 4.26. The van der Waals surface area contributed by atoms with Crippen LogP contribution in [-0.2, 0) is 6.54 Å². The van der Waals surface area contributed by atoms with Gasteiger partial charge in [0, 0.05) is 6.54 Å². The standard InChI is InChI=1S/C12H15N3O/c1-3-15-8-11(13)14-12(15)16-10-6-4-5-9(2)7-10/h4-8H,3,13H2,1-2H3. The molecule has 0 spiro atoms.